The molecule has 0 aromatic rings. The molecule has 0 unspecified atom stereocenters. The second-order valence-corrected chi connectivity index (χ2v) is 7.45. The summed E-state index contributed by atoms with van der Waals surface area (Å²) in [6.07, 6.45) is -6.27. The van der Waals surface area contributed by atoms with E-state index in [-0.39, 0.29) is 38.5 Å². The van der Waals surface area contributed by atoms with Gasteiger partial charge in [-0.3, -0.25) is 28.8 Å². The summed E-state index contributed by atoms with van der Waals surface area (Å²) in [6.45, 7) is 8.09. The lowest BCUT2D eigenvalue weighted by atomic mass is 10.0. The second-order valence-electron chi connectivity index (χ2n) is 7.45. The Hall–Kier alpha value is -3.18. The van der Waals surface area contributed by atoms with Crippen LogP contribution in [0.2, 0.25) is 0 Å². The number of hydrogen-bond donors (Lipinski definition) is 0. The van der Waals surface area contributed by atoms with E-state index in [1.807, 2.05) is 0 Å². The number of carbonyl (C=O) groups excluding carboxylic acids is 6. The molecule has 0 aliphatic heterocycles. The van der Waals surface area contributed by atoms with E-state index >= 15 is 0 Å². The van der Waals surface area contributed by atoms with Crippen LogP contribution in [0.25, 0.3) is 0 Å². The minimum Gasteiger partial charge on any atom is -0.462 e. The Kier molecular flexibility index (Phi) is 16.5. The van der Waals surface area contributed by atoms with Gasteiger partial charge in [0.1, 0.15) is 13.2 Å². The molecule has 0 spiro atoms. The van der Waals surface area contributed by atoms with Crippen molar-refractivity contribution in [3.05, 3.63) is 0 Å². The Morgan fingerprint density at radius 1 is 0.417 bits per heavy atom. The first kappa shape index (κ1) is 32.8. The quantitative estimate of drug-likeness (QED) is 0.204. The van der Waals surface area contributed by atoms with Crippen LogP contribution in [0.4, 0.5) is 0 Å². The van der Waals surface area contributed by atoms with Gasteiger partial charge in [0.25, 0.3) is 0 Å². The molecule has 0 fully saturated rings. The minimum atomic E-state index is -1.57. The number of ether oxygens (including phenoxy) is 6. The lowest BCUT2D eigenvalue weighted by Crippen LogP contribution is -2.54. The fourth-order valence-electron chi connectivity index (χ4n) is 2.63. The summed E-state index contributed by atoms with van der Waals surface area (Å²) in [7, 11) is 0. The average molecular weight is 519 g/mol. The molecule has 36 heavy (non-hydrogen) atoms. The summed E-state index contributed by atoms with van der Waals surface area (Å²) in [4.78, 5) is 72.7. The summed E-state index contributed by atoms with van der Waals surface area (Å²) in [6, 6.07) is 0. The van der Waals surface area contributed by atoms with Crippen molar-refractivity contribution < 1.29 is 57.2 Å². The first-order chi connectivity index (χ1) is 17.1. The highest BCUT2D eigenvalue weighted by molar-refractivity contribution is 5.72. The third-order valence-corrected chi connectivity index (χ3v) is 4.71. The number of esters is 6. The molecule has 12 nitrogen and oxygen atoms in total. The van der Waals surface area contributed by atoms with E-state index in [1.54, 1.807) is 13.8 Å². The molecule has 0 rings (SSSR count). The van der Waals surface area contributed by atoms with Gasteiger partial charge >= 0.3 is 35.8 Å². The molecular formula is C24H38O12. The maximum atomic E-state index is 12.3. The molecule has 0 aromatic heterocycles. The monoisotopic (exact) mass is 518 g/mol. The van der Waals surface area contributed by atoms with Crippen molar-refractivity contribution >= 4 is 35.8 Å². The van der Waals surface area contributed by atoms with Crippen molar-refractivity contribution in [1.82, 2.24) is 0 Å². The first-order valence-corrected chi connectivity index (χ1v) is 12.2. The van der Waals surface area contributed by atoms with Crippen LogP contribution in [0.3, 0.4) is 0 Å². The van der Waals surface area contributed by atoms with Crippen LogP contribution in [0.5, 0.6) is 0 Å². The van der Waals surface area contributed by atoms with Crippen LogP contribution in [0.1, 0.15) is 80.1 Å². The van der Waals surface area contributed by atoms with Crippen molar-refractivity contribution in [2.24, 2.45) is 0 Å². The Morgan fingerprint density at radius 3 is 0.917 bits per heavy atom. The Balaban J connectivity index is 6.59. The molecule has 4 atom stereocenters. The summed E-state index contributed by atoms with van der Waals surface area (Å²) >= 11 is 0. The fraction of sp³-hybridized carbons (Fsp3) is 0.750. The van der Waals surface area contributed by atoms with Gasteiger partial charge in [-0.25, -0.2) is 0 Å². The third-order valence-electron chi connectivity index (χ3n) is 4.71. The standard InChI is InChI=1S/C24H38O12/c1-7-17(25)31-13-15(33-19(27)9-3)23(35-21(29)11-5)24(36-22(30)12-6)16(34-20(28)10-4)14-32-18(26)8-2/h15-16,23-24H,7-14H2,1-6H3/t15-,16-,23-,24-/m1/s1. The predicted octanol–water partition coefficient (Wildman–Crippen LogP) is 2.18. The van der Waals surface area contributed by atoms with E-state index in [1.165, 1.54) is 27.7 Å². The van der Waals surface area contributed by atoms with Gasteiger partial charge in [-0.1, -0.05) is 41.5 Å². The third kappa shape index (κ3) is 12.5. The van der Waals surface area contributed by atoms with Gasteiger partial charge in [-0.05, 0) is 0 Å². The molecule has 0 aromatic carbocycles. The van der Waals surface area contributed by atoms with Gasteiger partial charge in [0, 0.05) is 38.5 Å². The molecule has 12 heteroatoms. The summed E-state index contributed by atoms with van der Waals surface area (Å²) in [5, 5.41) is 0. The number of carbonyl (C=O) groups is 6. The summed E-state index contributed by atoms with van der Waals surface area (Å²) in [5.74, 6) is -4.21. The zero-order chi connectivity index (χ0) is 27.7. The minimum absolute atomic E-state index is 0.0197. The Bertz CT molecular complexity index is 685. The largest absolute Gasteiger partial charge is 0.462 e. The topological polar surface area (TPSA) is 158 Å². The fourth-order valence-corrected chi connectivity index (χ4v) is 2.63. The molecule has 0 aliphatic carbocycles. The van der Waals surface area contributed by atoms with Crippen LogP contribution >= 0.6 is 0 Å². The van der Waals surface area contributed by atoms with Crippen molar-refractivity contribution in [2.45, 2.75) is 104 Å². The van der Waals surface area contributed by atoms with Crippen molar-refractivity contribution in [3.63, 3.8) is 0 Å². The predicted molar refractivity (Wildman–Crippen MR) is 123 cm³/mol. The lowest BCUT2D eigenvalue weighted by Gasteiger charge is -2.35. The van der Waals surface area contributed by atoms with Crippen molar-refractivity contribution in [3.8, 4) is 0 Å². The van der Waals surface area contributed by atoms with E-state index in [2.05, 4.69) is 0 Å². The van der Waals surface area contributed by atoms with Crippen molar-refractivity contribution in [2.75, 3.05) is 13.2 Å². The molecule has 0 amide bonds. The molecule has 0 radical (unpaired) electrons. The van der Waals surface area contributed by atoms with Gasteiger partial charge in [-0.2, -0.15) is 0 Å². The highest BCUT2D eigenvalue weighted by Gasteiger charge is 2.45. The van der Waals surface area contributed by atoms with Crippen LogP contribution < -0.4 is 0 Å². The summed E-state index contributed by atoms with van der Waals surface area (Å²) < 4.78 is 32.0. The zero-order valence-corrected chi connectivity index (χ0v) is 21.9. The van der Waals surface area contributed by atoms with Crippen LogP contribution in [0, 0.1) is 0 Å². The summed E-state index contributed by atoms with van der Waals surface area (Å²) in [5.41, 5.74) is 0. The maximum absolute atomic E-state index is 12.3. The Morgan fingerprint density at radius 2 is 0.667 bits per heavy atom. The van der Waals surface area contributed by atoms with Crippen LogP contribution in [0.15, 0.2) is 0 Å². The van der Waals surface area contributed by atoms with E-state index < -0.39 is 73.4 Å². The maximum Gasteiger partial charge on any atom is 0.306 e. The molecular weight excluding hydrogens is 480 g/mol. The van der Waals surface area contributed by atoms with Gasteiger partial charge in [0.2, 0.25) is 0 Å². The van der Waals surface area contributed by atoms with E-state index in [0.717, 1.165) is 0 Å². The van der Waals surface area contributed by atoms with Gasteiger partial charge in [0.15, 0.2) is 24.4 Å². The zero-order valence-electron chi connectivity index (χ0n) is 21.9. The number of hydrogen-bond acceptors (Lipinski definition) is 12. The lowest BCUT2D eigenvalue weighted by molar-refractivity contribution is -0.209. The molecule has 0 heterocycles. The smallest absolute Gasteiger partial charge is 0.306 e. The van der Waals surface area contributed by atoms with Crippen LogP contribution in [-0.2, 0) is 57.2 Å². The average Bonchev–Trinajstić information content (AvgIpc) is 2.89. The molecule has 0 saturated heterocycles. The van der Waals surface area contributed by atoms with Crippen LogP contribution in [-0.4, -0.2) is 73.4 Å². The van der Waals surface area contributed by atoms with Gasteiger partial charge < -0.3 is 28.4 Å². The first-order valence-electron chi connectivity index (χ1n) is 12.2. The second kappa shape index (κ2) is 18.1. The van der Waals surface area contributed by atoms with E-state index in [9.17, 15) is 28.8 Å². The highest BCUT2D eigenvalue weighted by atomic mass is 16.6. The normalized spacial score (nSPS) is 13.8. The SMILES string of the molecule is CCC(=O)OC[C@@H](OC(=O)CC)[C@@H](OC(=O)CC)[C@H](OC(=O)CC)[C@@H](COC(=O)CC)OC(=O)CC. The molecule has 0 N–H and O–H groups in total. The molecule has 206 valence electrons. The number of rotatable bonds is 17. The van der Waals surface area contributed by atoms with Crippen molar-refractivity contribution in [1.29, 1.82) is 0 Å². The van der Waals surface area contributed by atoms with E-state index in [0.29, 0.717) is 0 Å². The molecule has 0 aliphatic rings. The molecule has 0 saturated carbocycles. The Labute approximate surface area is 211 Å². The van der Waals surface area contributed by atoms with Gasteiger partial charge in [-0.15, -0.1) is 0 Å². The molecule has 0 bridgehead atoms. The van der Waals surface area contributed by atoms with Gasteiger partial charge in [0.05, 0.1) is 0 Å². The highest BCUT2D eigenvalue weighted by Crippen LogP contribution is 2.22. The van der Waals surface area contributed by atoms with E-state index in [4.69, 9.17) is 28.4 Å².